The first-order valence-electron chi connectivity index (χ1n) is 6.53. The van der Waals surface area contributed by atoms with Crippen LogP contribution in [0.4, 0.5) is 0 Å². The number of nitrogens with one attached hydrogen (secondary N) is 2. The summed E-state index contributed by atoms with van der Waals surface area (Å²) in [6.45, 7) is 4.88. The molecule has 0 saturated heterocycles. The van der Waals surface area contributed by atoms with Crippen molar-refractivity contribution in [2.24, 2.45) is 0 Å². The zero-order chi connectivity index (χ0) is 13.4. The number of rotatable bonds is 7. The van der Waals surface area contributed by atoms with Gasteiger partial charge in [0.05, 0.1) is 0 Å². The van der Waals surface area contributed by atoms with Crippen molar-refractivity contribution in [3.63, 3.8) is 0 Å². The molecule has 0 aliphatic carbocycles. The van der Waals surface area contributed by atoms with Crippen LogP contribution in [0.5, 0.6) is 0 Å². The molecule has 18 heavy (non-hydrogen) atoms. The molecule has 3 nitrogen and oxygen atoms in total. The zero-order valence-corrected chi connectivity index (χ0v) is 11.6. The van der Waals surface area contributed by atoms with E-state index < -0.39 is 0 Å². The van der Waals surface area contributed by atoms with Gasteiger partial charge in [-0.1, -0.05) is 30.3 Å². The van der Waals surface area contributed by atoms with E-state index in [-0.39, 0.29) is 11.4 Å². The lowest BCUT2D eigenvalue weighted by Gasteiger charge is -2.26. The molecular formula is C15H24N2O. The van der Waals surface area contributed by atoms with Crippen LogP contribution in [0.3, 0.4) is 0 Å². The molecule has 0 fully saturated rings. The van der Waals surface area contributed by atoms with Gasteiger partial charge >= 0.3 is 0 Å². The fraction of sp³-hybridized carbons (Fsp3) is 0.533. The molecule has 100 valence electrons. The van der Waals surface area contributed by atoms with E-state index in [0.29, 0.717) is 6.42 Å². The molecule has 3 heteroatoms. The quantitative estimate of drug-likeness (QED) is 0.776. The van der Waals surface area contributed by atoms with Crippen LogP contribution in [0, 0.1) is 0 Å². The maximum absolute atomic E-state index is 11.7. The van der Waals surface area contributed by atoms with Crippen molar-refractivity contribution in [3.8, 4) is 0 Å². The van der Waals surface area contributed by atoms with E-state index in [0.717, 1.165) is 19.4 Å². The van der Waals surface area contributed by atoms with Crippen LogP contribution in [0.25, 0.3) is 0 Å². The highest BCUT2D eigenvalue weighted by Gasteiger charge is 2.19. The van der Waals surface area contributed by atoms with Crippen LogP contribution < -0.4 is 10.6 Å². The van der Waals surface area contributed by atoms with Crippen LogP contribution in [-0.4, -0.2) is 25.0 Å². The normalized spacial score (nSPS) is 11.3. The Kier molecular flexibility index (Phi) is 5.86. The second kappa shape index (κ2) is 7.17. The van der Waals surface area contributed by atoms with Gasteiger partial charge in [0.25, 0.3) is 0 Å². The first kappa shape index (κ1) is 14.7. The van der Waals surface area contributed by atoms with Crippen molar-refractivity contribution in [1.82, 2.24) is 10.6 Å². The number of amides is 1. The van der Waals surface area contributed by atoms with Crippen LogP contribution >= 0.6 is 0 Å². The lowest BCUT2D eigenvalue weighted by Crippen LogP contribution is -2.44. The lowest BCUT2D eigenvalue weighted by molar-refractivity contribution is -0.122. The summed E-state index contributed by atoms with van der Waals surface area (Å²) in [6.07, 6.45) is 2.47. The second-order valence-corrected chi connectivity index (χ2v) is 5.27. The van der Waals surface area contributed by atoms with Crippen molar-refractivity contribution in [2.75, 3.05) is 13.6 Å². The van der Waals surface area contributed by atoms with E-state index in [1.54, 1.807) is 0 Å². The van der Waals surface area contributed by atoms with Crippen molar-refractivity contribution < 1.29 is 4.79 Å². The summed E-state index contributed by atoms with van der Waals surface area (Å²) in [4.78, 5) is 11.7. The minimum Gasteiger partial charge on any atom is -0.351 e. The molecule has 0 aromatic heterocycles. The molecule has 1 aromatic carbocycles. The van der Waals surface area contributed by atoms with Crippen molar-refractivity contribution in [1.29, 1.82) is 0 Å². The lowest BCUT2D eigenvalue weighted by atomic mass is 9.95. The Hall–Kier alpha value is -1.35. The van der Waals surface area contributed by atoms with Crippen LogP contribution in [0.2, 0.25) is 0 Å². The molecule has 0 aliphatic heterocycles. The van der Waals surface area contributed by atoms with E-state index in [2.05, 4.69) is 36.6 Å². The predicted molar refractivity (Wildman–Crippen MR) is 75.5 cm³/mol. The molecule has 0 radical (unpaired) electrons. The third-order valence-electron chi connectivity index (χ3n) is 2.96. The molecular weight excluding hydrogens is 224 g/mol. The van der Waals surface area contributed by atoms with E-state index in [1.165, 1.54) is 5.56 Å². The van der Waals surface area contributed by atoms with Gasteiger partial charge in [0, 0.05) is 18.5 Å². The van der Waals surface area contributed by atoms with Gasteiger partial charge in [0.15, 0.2) is 0 Å². The first-order chi connectivity index (χ1) is 8.53. The molecule has 0 aliphatic rings. The van der Waals surface area contributed by atoms with Gasteiger partial charge in [-0.2, -0.15) is 0 Å². The topological polar surface area (TPSA) is 41.1 Å². The highest BCUT2D eigenvalue weighted by molar-refractivity contribution is 5.76. The number of hydrogen-bond donors (Lipinski definition) is 2. The van der Waals surface area contributed by atoms with Crippen molar-refractivity contribution in [2.45, 2.75) is 38.6 Å². The smallest absolute Gasteiger partial charge is 0.221 e. The molecule has 1 amide bonds. The minimum atomic E-state index is -0.152. The minimum absolute atomic E-state index is 0.113. The van der Waals surface area contributed by atoms with Gasteiger partial charge in [-0.3, -0.25) is 4.79 Å². The van der Waals surface area contributed by atoms with Crippen molar-refractivity contribution in [3.05, 3.63) is 35.9 Å². The summed E-state index contributed by atoms with van der Waals surface area (Å²) in [7, 11) is 1.85. The second-order valence-electron chi connectivity index (χ2n) is 5.27. The summed E-state index contributed by atoms with van der Waals surface area (Å²) < 4.78 is 0. The summed E-state index contributed by atoms with van der Waals surface area (Å²) in [6, 6.07) is 10.4. The standard InChI is InChI=1S/C15H24N2O/c1-15(2,17-14(18)10-12-16-3)11-9-13-7-5-4-6-8-13/h4-8,16H,9-12H2,1-3H3,(H,17,18). The Morgan fingerprint density at radius 3 is 2.50 bits per heavy atom. The van der Waals surface area contributed by atoms with E-state index in [1.807, 2.05) is 25.2 Å². The number of hydrogen-bond acceptors (Lipinski definition) is 2. The molecule has 0 unspecified atom stereocenters. The van der Waals surface area contributed by atoms with Gasteiger partial charge in [-0.25, -0.2) is 0 Å². The zero-order valence-electron chi connectivity index (χ0n) is 11.6. The third-order valence-corrected chi connectivity index (χ3v) is 2.96. The van der Waals surface area contributed by atoms with Crippen LogP contribution in [-0.2, 0) is 11.2 Å². The van der Waals surface area contributed by atoms with Gasteiger partial charge in [0.1, 0.15) is 0 Å². The first-order valence-corrected chi connectivity index (χ1v) is 6.53. The molecule has 0 bridgehead atoms. The Bertz CT molecular complexity index is 360. The molecule has 0 saturated carbocycles. The summed E-state index contributed by atoms with van der Waals surface area (Å²) in [5.74, 6) is 0.113. The fourth-order valence-corrected chi connectivity index (χ4v) is 1.84. The highest BCUT2D eigenvalue weighted by Crippen LogP contribution is 2.13. The summed E-state index contributed by atoms with van der Waals surface area (Å²) in [5, 5.41) is 6.06. The van der Waals surface area contributed by atoms with Gasteiger partial charge in [0.2, 0.25) is 5.91 Å². The maximum atomic E-state index is 11.7. The Labute approximate surface area is 110 Å². The Morgan fingerprint density at radius 2 is 1.89 bits per heavy atom. The molecule has 0 spiro atoms. The number of carbonyl (C=O) groups is 1. The van der Waals surface area contributed by atoms with Crippen molar-refractivity contribution >= 4 is 5.91 Å². The largest absolute Gasteiger partial charge is 0.351 e. The molecule has 0 atom stereocenters. The van der Waals surface area contributed by atoms with Gasteiger partial charge in [-0.05, 0) is 39.3 Å². The molecule has 0 heterocycles. The fourth-order valence-electron chi connectivity index (χ4n) is 1.84. The highest BCUT2D eigenvalue weighted by atomic mass is 16.1. The Morgan fingerprint density at radius 1 is 1.22 bits per heavy atom. The third kappa shape index (κ3) is 5.82. The van der Waals surface area contributed by atoms with E-state index >= 15 is 0 Å². The Balaban J connectivity index is 2.37. The number of benzene rings is 1. The van der Waals surface area contributed by atoms with Gasteiger partial charge in [-0.15, -0.1) is 0 Å². The SMILES string of the molecule is CNCCC(=O)NC(C)(C)CCc1ccccc1. The summed E-state index contributed by atoms with van der Waals surface area (Å²) >= 11 is 0. The van der Waals surface area contributed by atoms with Crippen LogP contribution in [0.15, 0.2) is 30.3 Å². The predicted octanol–water partition coefficient (Wildman–Crippen LogP) is 2.12. The number of carbonyl (C=O) groups excluding carboxylic acids is 1. The number of aryl methyl sites for hydroxylation is 1. The summed E-state index contributed by atoms with van der Waals surface area (Å²) in [5.41, 5.74) is 1.16. The van der Waals surface area contributed by atoms with Gasteiger partial charge < -0.3 is 10.6 Å². The van der Waals surface area contributed by atoms with E-state index in [9.17, 15) is 4.79 Å². The average molecular weight is 248 g/mol. The maximum Gasteiger partial charge on any atom is 0.221 e. The molecule has 1 aromatic rings. The average Bonchev–Trinajstić information content (AvgIpc) is 2.35. The monoisotopic (exact) mass is 248 g/mol. The molecule has 2 N–H and O–H groups in total. The molecule has 1 rings (SSSR count). The van der Waals surface area contributed by atoms with Crippen LogP contribution in [0.1, 0.15) is 32.3 Å². The van der Waals surface area contributed by atoms with E-state index in [4.69, 9.17) is 0 Å².